The molecule has 0 fully saturated rings. The highest BCUT2D eigenvalue weighted by atomic mass is 19.1. The van der Waals surface area contributed by atoms with Crippen LogP contribution in [0.5, 0.6) is 0 Å². The first-order valence-electron chi connectivity index (χ1n) is 7.61. The molecule has 1 aromatic heterocycles. The lowest BCUT2D eigenvalue weighted by Crippen LogP contribution is -2.38. The highest BCUT2D eigenvalue weighted by Gasteiger charge is 2.52. The maximum atomic E-state index is 13.9. The molecule has 0 bridgehead atoms. The summed E-state index contributed by atoms with van der Waals surface area (Å²) < 4.78 is 13.9. The topological polar surface area (TPSA) is 74.0 Å². The number of aromatic amines is 1. The molecule has 3 heterocycles. The number of H-pyrrole nitrogens is 1. The van der Waals surface area contributed by atoms with Gasteiger partial charge in [0.15, 0.2) is 0 Å². The van der Waals surface area contributed by atoms with Gasteiger partial charge in [-0.1, -0.05) is 6.07 Å². The predicted octanol–water partition coefficient (Wildman–Crippen LogP) is 2.89. The largest absolute Gasteiger partial charge is 0.361 e. The molecule has 24 heavy (non-hydrogen) atoms. The Kier molecular flexibility index (Phi) is 2.34. The first-order chi connectivity index (χ1) is 11.6. The van der Waals surface area contributed by atoms with Crippen molar-refractivity contribution in [2.24, 2.45) is 0 Å². The van der Waals surface area contributed by atoms with Crippen LogP contribution >= 0.6 is 0 Å². The Morgan fingerprint density at radius 2 is 1.88 bits per heavy atom. The number of rotatable bonds is 0. The molecule has 0 saturated heterocycles. The van der Waals surface area contributed by atoms with Crippen LogP contribution in [0.3, 0.4) is 0 Å². The smallest absolute Gasteiger partial charge is 0.240 e. The second kappa shape index (κ2) is 4.23. The fraction of sp³-hybridized carbons (Fsp3) is 0.111. The van der Waals surface area contributed by atoms with Crippen LogP contribution in [0.1, 0.15) is 17.5 Å². The Morgan fingerprint density at radius 3 is 2.75 bits per heavy atom. The van der Waals surface area contributed by atoms with Crippen molar-refractivity contribution in [3.63, 3.8) is 0 Å². The van der Waals surface area contributed by atoms with Crippen molar-refractivity contribution in [3.05, 3.63) is 59.5 Å². The predicted molar refractivity (Wildman–Crippen MR) is 87.4 cm³/mol. The SMILES string of the molecule is O=C1CC2(C(=O)Nc3ccc(F)cc32)c2c[nH]c3cccc(c23)N1. The summed E-state index contributed by atoms with van der Waals surface area (Å²) in [7, 11) is 0. The number of anilines is 2. The van der Waals surface area contributed by atoms with Crippen LogP contribution in [0.15, 0.2) is 42.6 Å². The van der Waals surface area contributed by atoms with Gasteiger partial charge in [-0.05, 0) is 35.9 Å². The van der Waals surface area contributed by atoms with E-state index in [4.69, 9.17) is 0 Å². The lowest BCUT2D eigenvalue weighted by Gasteiger charge is -2.25. The molecule has 1 unspecified atom stereocenters. The van der Waals surface area contributed by atoms with E-state index in [9.17, 15) is 14.0 Å². The number of halogens is 1. The molecule has 0 aliphatic carbocycles. The number of hydrogen-bond donors (Lipinski definition) is 3. The Morgan fingerprint density at radius 1 is 1.00 bits per heavy atom. The highest BCUT2D eigenvalue weighted by molar-refractivity contribution is 6.17. The van der Waals surface area contributed by atoms with Gasteiger partial charge in [0, 0.05) is 34.8 Å². The van der Waals surface area contributed by atoms with E-state index in [0.717, 1.165) is 10.9 Å². The molecule has 2 aliphatic heterocycles. The second-order valence-corrected chi connectivity index (χ2v) is 6.20. The van der Waals surface area contributed by atoms with Gasteiger partial charge in [-0.25, -0.2) is 4.39 Å². The van der Waals surface area contributed by atoms with Crippen LogP contribution in [-0.2, 0) is 15.0 Å². The van der Waals surface area contributed by atoms with Crippen molar-refractivity contribution < 1.29 is 14.0 Å². The molecule has 5 nitrogen and oxygen atoms in total. The lowest BCUT2D eigenvalue weighted by atomic mass is 9.73. The number of benzene rings is 2. The fourth-order valence-corrected chi connectivity index (χ4v) is 3.93. The van der Waals surface area contributed by atoms with Crippen LogP contribution in [0, 0.1) is 5.82 Å². The summed E-state index contributed by atoms with van der Waals surface area (Å²) in [6.07, 6.45) is 1.67. The van der Waals surface area contributed by atoms with E-state index in [1.807, 2.05) is 12.1 Å². The van der Waals surface area contributed by atoms with Gasteiger partial charge in [0.25, 0.3) is 0 Å². The summed E-state index contributed by atoms with van der Waals surface area (Å²) in [5, 5.41) is 6.44. The quantitative estimate of drug-likeness (QED) is 0.595. The Hall–Kier alpha value is -3.15. The normalized spacial score (nSPS) is 21.5. The van der Waals surface area contributed by atoms with Gasteiger partial charge in [0.05, 0.1) is 5.69 Å². The van der Waals surface area contributed by atoms with Crippen LogP contribution in [-0.4, -0.2) is 16.8 Å². The van der Waals surface area contributed by atoms with Gasteiger partial charge in [-0.2, -0.15) is 0 Å². The number of carbonyl (C=O) groups excluding carboxylic acids is 2. The molecule has 1 atom stereocenters. The van der Waals surface area contributed by atoms with Gasteiger partial charge in [-0.15, -0.1) is 0 Å². The maximum absolute atomic E-state index is 13.9. The van der Waals surface area contributed by atoms with Crippen molar-refractivity contribution in [1.29, 1.82) is 0 Å². The van der Waals surface area contributed by atoms with Gasteiger partial charge >= 0.3 is 0 Å². The van der Waals surface area contributed by atoms with Crippen molar-refractivity contribution in [3.8, 4) is 0 Å². The molecule has 118 valence electrons. The molecule has 2 aliphatic rings. The summed E-state index contributed by atoms with van der Waals surface area (Å²) in [4.78, 5) is 28.6. The molecular formula is C18H12FN3O2. The minimum absolute atomic E-state index is 0.0725. The van der Waals surface area contributed by atoms with E-state index in [1.165, 1.54) is 18.2 Å². The average molecular weight is 321 g/mol. The van der Waals surface area contributed by atoms with Gasteiger partial charge in [0.2, 0.25) is 11.8 Å². The van der Waals surface area contributed by atoms with Crippen LogP contribution in [0.2, 0.25) is 0 Å². The molecule has 2 aromatic carbocycles. The van der Waals surface area contributed by atoms with Crippen molar-refractivity contribution in [1.82, 2.24) is 4.98 Å². The second-order valence-electron chi connectivity index (χ2n) is 6.20. The summed E-state index contributed by atoms with van der Waals surface area (Å²) in [6.45, 7) is 0. The fourth-order valence-electron chi connectivity index (χ4n) is 3.93. The van der Waals surface area contributed by atoms with E-state index in [2.05, 4.69) is 15.6 Å². The Balaban J connectivity index is 1.93. The highest BCUT2D eigenvalue weighted by Crippen LogP contribution is 2.50. The molecule has 6 heteroatoms. The third-order valence-corrected chi connectivity index (χ3v) is 4.94. The summed E-state index contributed by atoms with van der Waals surface area (Å²) in [5.41, 5.74) is 1.98. The van der Waals surface area contributed by atoms with Gasteiger partial charge < -0.3 is 15.6 Å². The van der Waals surface area contributed by atoms with E-state index in [0.29, 0.717) is 22.5 Å². The standard InChI is InChI=1S/C18H12FN3O2/c19-9-4-5-12-10(6-9)18(17(24)22-12)7-15(23)21-14-3-1-2-13-16(14)11(18)8-20-13/h1-6,8,20H,7H2,(H,21,23)(H,22,24). The van der Waals surface area contributed by atoms with E-state index < -0.39 is 11.2 Å². The van der Waals surface area contributed by atoms with Crippen molar-refractivity contribution in [2.45, 2.75) is 11.8 Å². The minimum Gasteiger partial charge on any atom is -0.361 e. The first kappa shape index (κ1) is 13.3. The lowest BCUT2D eigenvalue weighted by molar-refractivity contribution is -0.124. The number of hydrogen-bond acceptors (Lipinski definition) is 2. The molecule has 2 amide bonds. The van der Waals surface area contributed by atoms with Crippen molar-refractivity contribution in [2.75, 3.05) is 10.6 Å². The zero-order valence-electron chi connectivity index (χ0n) is 12.4. The molecule has 3 N–H and O–H groups in total. The maximum Gasteiger partial charge on any atom is 0.240 e. The third kappa shape index (κ3) is 1.47. The van der Waals surface area contributed by atoms with E-state index in [-0.39, 0.29) is 18.2 Å². The van der Waals surface area contributed by atoms with Gasteiger partial charge in [0.1, 0.15) is 11.2 Å². The molecular weight excluding hydrogens is 309 g/mol. The van der Waals surface area contributed by atoms with Crippen molar-refractivity contribution >= 4 is 34.1 Å². The van der Waals surface area contributed by atoms with Crippen LogP contribution in [0.4, 0.5) is 15.8 Å². The summed E-state index contributed by atoms with van der Waals surface area (Å²) >= 11 is 0. The molecule has 0 saturated carbocycles. The molecule has 5 rings (SSSR count). The number of nitrogens with one attached hydrogen (secondary N) is 3. The van der Waals surface area contributed by atoms with Crippen LogP contribution < -0.4 is 10.6 Å². The molecule has 3 aromatic rings. The Bertz CT molecular complexity index is 1060. The number of aromatic nitrogens is 1. The zero-order chi connectivity index (χ0) is 16.5. The average Bonchev–Trinajstić information content (AvgIpc) is 3.05. The molecule has 1 spiro atoms. The van der Waals surface area contributed by atoms with E-state index in [1.54, 1.807) is 12.3 Å². The number of fused-ring (bicyclic) bond motifs is 3. The zero-order valence-corrected chi connectivity index (χ0v) is 12.4. The van der Waals surface area contributed by atoms with Gasteiger partial charge in [-0.3, -0.25) is 9.59 Å². The first-order valence-corrected chi connectivity index (χ1v) is 7.61. The number of carbonyl (C=O) groups is 2. The monoisotopic (exact) mass is 321 g/mol. The summed E-state index contributed by atoms with van der Waals surface area (Å²) in [5.74, 6) is -1.02. The Labute approximate surface area is 135 Å². The molecule has 0 radical (unpaired) electrons. The number of amides is 2. The third-order valence-electron chi connectivity index (χ3n) is 4.94. The van der Waals surface area contributed by atoms with E-state index >= 15 is 0 Å². The summed E-state index contributed by atoms with van der Waals surface area (Å²) in [6, 6.07) is 9.69. The minimum atomic E-state index is -1.23. The van der Waals surface area contributed by atoms with Crippen LogP contribution in [0.25, 0.3) is 10.9 Å².